The maximum Gasteiger partial charge on any atom is 0.215 e. The first-order chi connectivity index (χ1) is 10.3. The molecule has 2 heterocycles. The molecule has 0 unspecified atom stereocenters. The molecule has 0 bridgehead atoms. The summed E-state index contributed by atoms with van der Waals surface area (Å²) in [5, 5.41) is 13.2. The summed E-state index contributed by atoms with van der Waals surface area (Å²) in [5.74, 6) is 0. The normalized spacial score (nSPS) is 10.7. The van der Waals surface area contributed by atoms with Gasteiger partial charge in [-0.05, 0) is 46.3 Å². The summed E-state index contributed by atoms with van der Waals surface area (Å²) in [6, 6.07) is 13.9. The number of nitrogen functional groups attached to an aromatic ring is 1. The third-order valence-corrected chi connectivity index (χ3v) is 3.95. The monoisotopic (exact) mass is 298 g/mol. The van der Waals surface area contributed by atoms with E-state index in [1.165, 1.54) is 17.3 Å². The van der Waals surface area contributed by atoms with Gasteiger partial charge in [-0.1, -0.05) is 30.3 Å². The maximum atomic E-state index is 5.89. The summed E-state index contributed by atoms with van der Waals surface area (Å²) in [4.78, 5) is 4.24. The average Bonchev–Trinajstić information content (AvgIpc) is 2.96. The molecule has 21 heavy (non-hydrogen) atoms. The van der Waals surface area contributed by atoms with Crippen LogP contribution < -0.4 is 5.73 Å². The molecule has 0 radical (unpaired) electrons. The third-order valence-electron chi connectivity index (χ3n) is 2.94. The van der Waals surface area contributed by atoms with Gasteiger partial charge in [-0.25, -0.2) is 9.67 Å². The Balaban J connectivity index is 1.71. The second kappa shape index (κ2) is 6.36. The number of anilines is 1. The Bertz CT molecular complexity index is 712. The van der Waals surface area contributed by atoms with Crippen molar-refractivity contribution < 1.29 is 0 Å². The second-order valence-electron chi connectivity index (χ2n) is 4.42. The highest BCUT2D eigenvalue weighted by Gasteiger charge is 2.10. The molecule has 6 nitrogen and oxygen atoms in total. The Hall–Kier alpha value is -2.41. The van der Waals surface area contributed by atoms with Crippen molar-refractivity contribution in [2.45, 2.75) is 23.1 Å². The second-order valence-corrected chi connectivity index (χ2v) is 5.38. The number of pyridine rings is 1. The quantitative estimate of drug-likeness (QED) is 0.776. The maximum absolute atomic E-state index is 5.89. The van der Waals surface area contributed by atoms with Crippen LogP contribution in [0.5, 0.6) is 0 Å². The summed E-state index contributed by atoms with van der Waals surface area (Å²) < 4.78 is 1.77. The standard InChI is InChI=1S/C14H14N6S/c15-12-7-4-9-16-13(12)21-14-17-18-19-20(14)10-8-11-5-2-1-3-6-11/h1-7,9H,8,10,15H2. The Labute approximate surface area is 126 Å². The molecule has 3 aromatic rings. The van der Waals surface area contributed by atoms with Crippen molar-refractivity contribution in [1.82, 2.24) is 25.2 Å². The SMILES string of the molecule is Nc1cccnc1Sc1nnnn1CCc1ccccc1. The molecule has 0 saturated carbocycles. The van der Waals surface area contributed by atoms with Crippen LogP contribution in [0, 0.1) is 0 Å². The average molecular weight is 298 g/mol. The minimum absolute atomic E-state index is 0.625. The molecule has 0 aliphatic carbocycles. The summed E-state index contributed by atoms with van der Waals surface area (Å²) >= 11 is 1.37. The minimum atomic E-state index is 0.625. The van der Waals surface area contributed by atoms with Gasteiger partial charge in [0.1, 0.15) is 5.03 Å². The molecule has 0 aliphatic rings. The smallest absolute Gasteiger partial charge is 0.215 e. The van der Waals surface area contributed by atoms with Gasteiger partial charge < -0.3 is 5.73 Å². The van der Waals surface area contributed by atoms with Gasteiger partial charge in [-0.3, -0.25) is 0 Å². The predicted octanol–water partition coefficient (Wildman–Crippen LogP) is 2.04. The number of aromatic nitrogens is 5. The molecule has 2 aromatic heterocycles. The first-order valence-corrected chi connectivity index (χ1v) is 7.33. The fraction of sp³-hybridized carbons (Fsp3) is 0.143. The van der Waals surface area contributed by atoms with E-state index in [-0.39, 0.29) is 0 Å². The number of nitrogens with zero attached hydrogens (tertiary/aromatic N) is 5. The summed E-state index contributed by atoms with van der Waals surface area (Å²) in [7, 11) is 0. The number of nitrogens with two attached hydrogens (primary N) is 1. The van der Waals surface area contributed by atoms with Crippen molar-refractivity contribution in [3.05, 3.63) is 54.2 Å². The molecule has 0 atom stereocenters. The zero-order chi connectivity index (χ0) is 14.5. The fourth-order valence-electron chi connectivity index (χ4n) is 1.86. The number of rotatable bonds is 5. The van der Waals surface area contributed by atoms with Crippen LogP contribution in [-0.4, -0.2) is 25.2 Å². The first-order valence-electron chi connectivity index (χ1n) is 6.51. The van der Waals surface area contributed by atoms with E-state index in [0.29, 0.717) is 22.4 Å². The summed E-state index contributed by atoms with van der Waals surface area (Å²) in [6.07, 6.45) is 2.58. The van der Waals surface area contributed by atoms with E-state index >= 15 is 0 Å². The van der Waals surface area contributed by atoms with Crippen LogP contribution in [0.15, 0.2) is 58.8 Å². The molecule has 3 rings (SSSR count). The van der Waals surface area contributed by atoms with E-state index in [1.807, 2.05) is 24.3 Å². The Kier molecular flexibility index (Phi) is 4.11. The zero-order valence-corrected chi connectivity index (χ0v) is 12.1. The first kappa shape index (κ1) is 13.6. The fourth-order valence-corrected chi connectivity index (χ4v) is 2.65. The summed E-state index contributed by atoms with van der Waals surface area (Å²) in [5.41, 5.74) is 7.77. The Morgan fingerprint density at radius 2 is 1.95 bits per heavy atom. The van der Waals surface area contributed by atoms with Crippen LogP contribution in [-0.2, 0) is 13.0 Å². The van der Waals surface area contributed by atoms with Gasteiger partial charge in [-0.15, -0.1) is 5.10 Å². The Morgan fingerprint density at radius 3 is 2.76 bits per heavy atom. The van der Waals surface area contributed by atoms with E-state index in [0.717, 1.165) is 6.42 Å². The number of benzene rings is 1. The molecule has 1 aromatic carbocycles. The molecule has 2 N–H and O–H groups in total. The van der Waals surface area contributed by atoms with Crippen LogP contribution in [0.2, 0.25) is 0 Å². The third kappa shape index (κ3) is 3.38. The van der Waals surface area contributed by atoms with E-state index in [1.54, 1.807) is 16.9 Å². The molecule has 7 heteroatoms. The van der Waals surface area contributed by atoms with E-state index < -0.39 is 0 Å². The number of hydrogen-bond donors (Lipinski definition) is 1. The minimum Gasteiger partial charge on any atom is -0.397 e. The van der Waals surface area contributed by atoms with Gasteiger partial charge in [0.2, 0.25) is 5.16 Å². The van der Waals surface area contributed by atoms with Gasteiger partial charge in [0.15, 0.2) is 0 Å². The zero-order valence-electron chi connectivity index (χ0n) is 11.3. The lowest BCUT2D eigenvalue weighted by Crippen LogP contribution is -2.05. The topological polar surface area (TPSA) is 82.5 Å². The molecular formula is C14H14N6S. The largest absolute Gasteiger partial charge is 0.397 e. The lowest BCUT2D eigenvalue weighted by Gasteiger charge is -2.05. The molecule has 0 aliphatic heterocycles. The number of tetrazole rings is 1. The van der Waals surface area contributed by atoms with Crippen LogP contribution in [0.25, 0.3) is 0 Å². The molecule has 0 spiro atoms. The molecule has 0 saturated heterocycles. The number of hydrogen-bond acceptors (Lipinski definition) is 6. The Morgan fingerprint density at radius 1 is 1.10 bits per heavy atom. The van der Waals surface area contributed by atoms with Gasteiger partial charge in [-0.2, -0.15) is 0 Å². The van der Waals surface area contributed by atoms with Crippen LogP contribution in [0.1, 0.15) is 5.56 Å². The van der Waals surface area contributed by atoms with Gasteiger partial charge in [0.25, 0.3) is 0 Å². The van der Waals surface area contributed by atoms with Crippen molar-refractivity contribution in [3.8, 4) is 0 Å². The van der Waals surface area contributed by atoms with Crippen molar-refractivity contribution in [2.24, 2.45) is 0 Å². The van der Waals surface area contributed by atoms with Gasteiger partial charge in [0.05, 0.1) is 5.69 Å². The molecule has 0 amide bonds. The van der Waals surface area contributed by atoms with Crippen LogP contribution in [0.3, 0.4) is 0 Å². The van der Waals surface area contributed by atoms with Crippen molar-refractivity contribution >= 4 is 17.4 Å². The van der Waals surface area contributed by atoms with E-state index in [4.69, 9.17) is 5.73 Å². The molecule has 106 valence electrons. The van der Waals surface area contributed by atoms with Crippen LogP contribution in [0.4, 0.5) is 5.69 Å². The van der Waals surface area contributed by atoms with Crippen molar-refractivity contribution in [1.29, 1.82) is 0 Å². The molecule has 0 fully saturated rings. The van der Waals surface area contributed by atoms with E-state index in [9.17, 15) is 0 Å². The highest BCUT2D eigenvalue weighted by Crippen LogP contribution is 2.27. The number of aryl methyl sites for hydroxylation is 2. The summed E-state index contributed by atoms with van der Waals surface area (Å²) in [6.45, 7) is 0.714. The lowest BCUT2D eigenvalue weighted by atomic mass is 10.2. The van der Waals surface area contributed by atoms with Gasteiger partial charge in [0, 0.05) is 12.7 Å². The van der Waals surface area contributed by atoms with Crippen LogP contribution >= 0.6 is 11.8 Å². The van der Waals surface area contributed by atoms with E-state index in [2.05, 4.69) is 32.6 Å². The van der Waals surface area contributed by atoms with Crippen molar-refractivity contribution in [2.75, 3.05) is 5.73 Å². The van der Waals surface area contributed by atoms with Gasteiger partial charge >= 0.3 is 0 Å². The lowest BCUT2D eigenvalue weighted by molar-refractivity contribution is 0.548. The molecular weight excluding hydrogens is 284 g/mol. The van der Waals surface area contributed by atoms with Crippen molar-refractivity contribution in [3.63, 3.8) is 0 Å². The predicted molar refractivity (Wildman–Crippen MR) is 80.7 cm³/mol. The highest BCUT2D eigenvalue weighted by molar-refractivity contribution is 7.99. The highest BCUT2D eigenvalue weighted by atomic mass is 32.2.